The number of anilines is 3. The first-order valence-corrected chi connectivity index (χ1v) is 13.6. The molecule has 1 saturated heterocycles. The number of fused-ring (bicyclic) bond motifs is 1. The topological polar surface area (TPSA) is 154 Å². The van der Waals surface area contributed by atoms with Crippen LogP contribution in [0.15, 0.2) is 54.7 Å². The highest BCUT2D eigenvalue weighted by Gasteiger charge is 2.44. The summed E-state index contributed by atoms with van der Waals surface area (Å²) in [4.78, 5) is 44.6. The van der Waals surface area contributed by atoms with Crippen LogP contribution in [0, 0.1) is 11.6 Å². The molecule has 0 radical (unpaired) electrons. The second kappa shape index (κ2) is 12.6. The molecule has 44 heavy (non-hydrogen) atoms. The largest absolute Gasteiger partial charge is 0.453 e. The number of imide groups is 1. The van der Waals surface area contributed by atoms with Crippen molar-refractivity contribution in [3.63, 3.8) is 0 Å². The zero-order valence-electron chi connectivity index (χ0n) is 24.2. The number of H-pyrrole nitrogens is 1. The average molecular weight is 609 g/mol. The van der Waals surface area contributed by atoms with Crippen LogP contribution in [0.5, 0.6) is 11.5 Å². The first kappa shape index (κ1) is 30.3. The Labute approximate surface area is 250 Å². The number of hydrogen-bond donors (Lipinski definition) is 4. The Morgan fingerprint density at radius 1 is 1.07 bits per heavy atom. The molecular formula is C29H30F2N8O5. The Balaban J connectivity index is 1.35. The Bertz CT molecular complexity index is 1700. The van der Waals surface area contributed by atoms with E-state index in [0.717, 1.165) is 28.1 Å². The number of rotatable bonds is 10. The van der Waals surface area contributed by atoms with Crippen LogP contribution < -0.4 is 25.7 Å². The molecule has 5 rings (SSSR count). The minimum atomic E-state index is -1.54. The third-order valence-corrected chi connectivity index (χ3v) is 6.64. The number of hydrazine groups is 1. The van der Waals surface area contributed by atoms with Gasteiger partial charge in [0.05, 0.1) is 12.3 Å². The Hall–Kier alpha value is -5.15. The normalized spacial score (nSPS) is 16.0. The smallest absolute Gasteiger partial charge is 0.346 e. The Morgan fingerprint density at radius 3 is 2.50 bits per heavy atom. The number of nitrogens with zero attached hydrogens (tertiary/aromatic N) is 4. The number of halogens is 2. The molecule has 1 aliphatic heterocycles. The van der Waals surface area contributed by atoms with Crippen LogP contribution in [0.25, 0.3) is 11.0 Å². The molecule has 0 bridgehead atoms. The average Bonchev–Trinajstić information content (AvgIpc) is 3.38. The van der Waals surface area contributed by atoms with E-state index in [-0.39, 0.29) is 28.9 Å². The number of carbonyl (C=O) groups is 3. The standard InChI is InChI=1S/C29H30F2N8O5/c1-15(2)39-29(42)38(19-8-5-17(30)6-9-19)28(41)24(37-39)27(40)34-18-7-10-21(20(31)13-18)44-22-11-12-32-25-23(22)26(36-35-25)33-16(3)14-43-4/h5-13,15-16,24,37H,14H2,1-4H3,(H,34,40)(H2,32,33,35,36)/t16-,24?/m1/s1. The van der Waals surface area contributed by atoms with Gasteiger partial charge in [-0.05, 0) is 57.2 Å². The molecule has 0 saturated carbocycles. The minimum Gasteiger partial charge on any atom is -0.453 e. The molecule has 230 valence electrons. The summed E-state index contributed by atoms with van der Waals surface area (Å²) in [6.07, 6.45) is 1.49. The predicted octanol–water partition coefficient (Wildman–Crippen LogP) is 4.16. The monoisotopic (exact) mass is 608 g/mol. The highest BCUT2D eigenvalue weighted by molar-refractivity contribution is 6.25. The molecule has 2 atom stereocenters. The number of methoxy groups -OCH3 is 1. The number of amides is 4. The van der Waals surface area contributed by atoms with Gasteiger partial charge in [-0.25, -0.2) is 28.9 Å². The van der Waals surface area contributed by atoms with Crippen molar-refractivity contribution in [3.05, 3.63) is 66.4 Å². The number of pyridine rings is 1. The number of ether oxygens (including phenoxy) is 2. The number of nitrogens with one attached hydrogen (secondary N) is 4. The molecule has 1 fully saturated rings. The van der Waals surface area contributed by atoms with Crippen molar-refractivity contribution in [1.29, 1.82) is 0 Å². The molecule has 4 amide bonds. The van der Waals surface area contributed by atoms with E-state index in [1.54, 1.807) is 27.0 Å². The van der Waals surface area contributed by atoms with E-state index in [1.165, 1.54) is 30.5 Å². The SMILES string of the molecule is COC[C@@H](C)Nc1n[nH]c2nccc(Oc3ccc(NC(=O)C4NN(C(C)C)C(=O)N(c5ccc(F)cc5)C4=O)cc3F)c12. The fourth-order valence-electron chi connectivity index (χ4n) is 4.58. The lowest BCUT2D eigenvalue weighted by atomic mass is 10.1. The van der Waals surface area contributed by atoms with Gasteiger partial charge in [0.1, 0.15) is 17.0 Å². The number of benzene rings is 2. The lowest BCUT2D eigenvalue weighted by molar-refractivity contribution is -0.131. The quantitative estimate of drug-likeness (QED) is 0.194. The third kappa shape index (κ3) is 6.14. The van der Waals surface area contributed by atoms with Gasteiger partial charge in [0.15, 0.2) is 29.1 Å². The zero-order chi connectivity index (χ0) is 31.5. The number of hydrogen-bond acceptors (Lipinski definition) is 9. The first-order valence-electron chi connectivity index (χ1n) is 13.6. The number of aromatic amines is 1. The van der Waals surface area contributed by atoms with E-state index in [0.29, 0.717) is 23.5 Å². The molecular weight excluding hydrogens is 578 g/mol. The predicted molar refractivity (Wildman–Crippen MR) is 157 cm³/mol. The lowest BCUT2D eigenvalue weighted by Crippen LogP contribution is -2.70. The molecule has 3 heterocycles. The van der Waals surface area contributed by atoms with Crippen LogP contribution in [-0.4, -0.2) is 69.9 Å². The molecule has 1 unspecified atom stereocenters. The highest BCUT2D eigenvalue weighted by Crippen LogP contribution is 2.34. The second-order valence-corrected chi connectivity index (χ2v) is 10.3. The summed E-state index contributed by atoms with van der Waals surface area (Å²) in [6.45, 7) is 5.70. The van der Waals surface area contributed by atoms with Crippen molar-refractivity contribution in [2.24, 2.45) is 0 Å². The van der Waals surface area contributed by atoms with Gasteiger partial charge in [-0.2, -0.15) is 5.10 Å². The van der Waals surface area contributed by atoms with Gasteiger partial charge in [0, 0.05) is 43.2 Å². The molecule has 4 N–H and O–H groups in total. The molecule has 1 aliphatic rings. The van der Waals surface area contributed by atoms with Gasteiger partial charge in [-0.15, -0.1) is 0 Å². The molecule has 4 aromatic rings. The molecule has 2 aromatic heterocycles. The lowest BCUT2D eigenvalue weighted by Gasteiger charge is -2.40. The zero-order valence-corrected chi connectivity index (χ0v) is 24.2. The summed E-state index contributed by atoms with van der Waals surface area (Å²) in [5.41, 5.74) is 3.19. The minimum absolute atomic E-state index is 0.0368. The van der Waals surface area contributed by atoms with E-state index in [1.807, 2.05) is 6.92 Å². The molecule has 0 spiro atoms. The van der Waals surface area contributed by atoms with Gasteiger partial charge < -0.3 is 20.1 Å². The van der Waals surface area contributed by atoms with Gasteiger partial charge in [-0.1, -0.05) is 0 Å². The van der Waals surface area contributed by atoms with Gasteiger partial charge in [0.2, 0.25) is 0 Å². The summed E-state index contributed by atoms with van der Waals surface area (Å²) in [7, 11) is 1.58. The number of carbonyl (C=O) groups excluding carboxylic acids is 3. The van der Waals surface area contributed by atoms with Gasteiger partial charge in [-0.3, -0.25) is 19.7 Å². The van der Waals surface area contributed by atoms with Crippen LogP contribution in [0.4, 0.5) is 30.8 Å². The van der Waals surface area contributed by atoms with Crippen LogP contribution in [0.3, 0.4) is 0 Å². The van der Waals surface area contributed by atoms with Crippen molar-refractivity contribution < 1.29 is 32.6 Å². The number of urea groups is 1. The molecule has 15 heteroatoms. The van der Waals surface area contributed by atoms with Crippen molar-refractivity contribution in [2.45, 2.75) is 38.9 Å². The van der Waals surface area contributed by atoms with Crippen LogP contribution >= 0.6 is 0 Å². The van der Waals surface area contributed by atoms with E-state index in [9.17, 15) is 18.8 Å². The summed E-state index contributed by atoms with van der Waals surface area (Å²) in [5.74, 6) is -2.49. The van der Waals surface area contributed by atoms with Crippen molar-refractivity contribution >= 4 is 46.1 Å². The van der Waals surface area contributed by atoms with Crippen LogP contribution in [0.2, 0.25) is 0 Å². The Kier molecular flexibility index (Phi) is 8.69. The van der Waals surface area contributed by atoms with E-state index >= 15 is 4.39 Å². The Morgan fingerprint density at radius 2 is 1.82 bits per heavy atom. The van der Waals surface area contributed by atoms with Crippen LogP contribution in [-0.2, 0) is 14.3 Å². The maximum Gasteiger partial charge on any atom is 0.346 e. The van der Waals surface area contributed by atoms with Gasteiger partial charge >= 0.3 is 6.03 Å². The van der Waals surface area contributed by atoms with E-state index in [4.69, 9.17) is 9.47 Å². The summed E-state index contributed by atoms with van der Waals surface area (Å²) in [6, 6.07) is 7.24. The number of aromatic nitrogens is 3. The maximum absolute atomic E-state index is 15.3. The maximum atomic E-state index is 15.3. The fraction of sp³-hybridized carbons (Fsp3) is 0.276. The molecule has 2 aromatic carbocycles. The third-order valence-electron chi connectivity index (χ3n) is 6.64. The molecule has 0 aliphatic carbocycles. The van der Waals surface area contributed by atoms with E-state index in [2.05, 4.69) is 31.2 Å². The highest BCUT2D eigenvalue weighted by atomic mass is 19.1. The van der Waals surface area contributed by atoms with Crippen molar-refractivity contribution in [2.75, 3.05) is 29.3 Å². The second-order valence-electron chi connectivity index (χ2n) is 10.3. The summed E-state index contributed by atoms with van der Waals surface area (Å²) in [5, 5.41) is 14.4. The molecule has 13 nitrogen and oxygen atoms in total. The summed E-state index contributed by atoms with van der Waals surface area (Å²) >= 11 is 0. The van der Waals surface area contributed by atoms with Crippen molar-refractivity contribution in [3.8, 4) is 11.5 Å². The fourth-order valence-corrected chi connectivity index (χ4v) is 4.58. The van der Waals surface area contributed by atoms with Crippen LogP contribution in [0.1, 0.15) is 20.8 Å². The first-order chi connectivity index (χ1) is 21.1. The van der Waals surface area contributed by atoms with E-state index < -0.39 is 41.6 Å². The van der Waals surface area contributed by atoms with Gasteiger partial charge in [0.25, 0.3) is 11.8 Å². The summed E-state index contributed by atoms with van der Waals surface area (Å²) < 4.78 is 39.8. The van der Waals surface area contributed by atoms with Crippen molar-refractivity contribution in [1.82, 2.24) is 25.6 Å².